The molecule has 0 aliphatic carbocycles. The summed E-state index contributed by atoms with van der Waals surface area (Å²) in [5.74, 6) is -1.35. The van der Waals surface area contributed by atoms with Gasteiger partial charge in [-0.25, -0.2) is 10.0 Å². The van der Waals surface area contributed by atoms with Gasteiger partial charge in [-0.3, -0.25) is 0 Å². The number of hydrogen-bond acceptors (Lipinski definition) is 9. The summed E-state index contributed by atoms with van der Waals surface area (Å²) in [6.07, 6.45) is -7.20. The minimum Gasteiger partial charge on any atom is -0.595 e. The lowest BCUT2D eigenvalue weighted by molar-refractivity contribution is -0.991. The lowest BCUT2D eigenvalue weighted by Crippen LogP contribution is -2.99. The number of anilines is 1. The number of carboxylic acid groups (broad SMARTS) is 1. The maximum absolute atomic E-state index is 11.1. The summed E-state index contributed by atoms with van der Waals surface area (Å²) in [6, 6.07) is 3.20. The predicted octanol–water partition coefficient (Wildman–Crippen LogP) is -3.00. The highest BCUT2D eigenvalue weighted by Crippen LogP contribution is 2.24. The Kier molecular flexibility index (Phi) is 5.69. The van der Waals surface area contributed by atoms with E-state index < -0.39 is 48.4 Å². The fraction of sp³-hybridized carbons (Fsp3) is 0.462. The fourth-order valence-corrected chi connectivity index (χ4v) is 2.34. The second kappa shape index (κ2) is 7.38. The molecule has 0 bridgehead atoms. The molecule has 0 radical (unpaired) electrons. The minimum absolute atomic E-state index is 0.0108. The topological polar surface area (TPSA) is 187 Å². The van der Waals surface area contributed by atoms with E-state index in [1.165, 1.54) is 0 Å². The van der Waals surface area contributed by atoms with Gasteiger partial charge in [0, 0.05) is 17.8 Å². The Balaban J connectivity index is 2.27. The smallest absolute Gasteiger partial charge is 0.335 e. The highest BCUT2D eigenvalue weighted by atomic mass is 16.8. The molecule has 1 aliphatic rings. The van der Waals surface area contributed by atoms with E-state index in [1.54, 1.807) is 0 Å². The Morgan fingerprint density at radius 1 is 1.21 bits per heavy atom. The minimum atomic E-state index is -1.62. The fourth-order valence-electron chi connectivity index (χ4n) is 2.34. The van der Waals surface area contributed by atoms with E-state index in [4.69, 9.17) is 20.2 Å². The zero-order valence-corrected chi connectivity index (χ0v) is 12.2. The standard InChI is InChI=1S/C13H18N2O9/c16-4-8-9(17)10(18)11(19)12(24-8)14-6-1-5(13(20)21)2-7(3-6)15(22)23/h1-3,8-12,14-19,22H,4H2,(H,20,21)/t8-,9+,10+,11-,12-/m0/s1. The van der Waals surface area contributed by atoms with Crippen molar-refractivity contribution in [1.82, 2.24) is 0 Å². The number of aliphatic hydroxyl groups is 4. The van der Waals surface area contributed by atoms with Crippen molar-refractivity contribution >= 4 is 17.3 Å². The normalized spacial score (nSPS) is 31.5. The van der Waals surface area contributed by atoms with E-state index in [9.17, 15) is 25.3 Å². The summed E-state index contributed by atoms with van der Waals surface area (Å²) in [5.41, 5.74) is -0.597. The molecule has 11 heteroatoms. The van der Waals surface area contributed by atoms with Gasteiger partial charge < -0.3 is 40.8 Å². The summed E-state index contributed by atoms with van der Waals surface area (Å²) in [5, 5.41) is 68.8. The Labute approximate surface area is 135 Å². The maximum atomic E-state index is 11.1. The highest BCUT2D eigenvalue weighted by Gasteiger charge is 2.43. The first-order valence-electron chi connectivity index (χ1n) is 6.93. The van der Waals surface area contributed by atoms with Crippen molar-refractivity contribution in [2.75, 3.05) is 11.9 Å². The average Bonchev–Trinajstić information content (AvgIpc) is 2.55. The second-order valence-corrected chi connectivity index (χ2v) is 5.30. The molecule has 8 N–H and O–H groups in total. The molecular formula is C13H18N2O9. The van der Waals surface area contributed by atoms with Crippen molar-refractivity contribution in [3.63, 3.8) is 0 Å². The van der Waals surface area contributed by atoms with Crippen LogP contribution in [0.2, 0.25) is 0 Å². The van der Waals surface area contributed by atoms with Gasteiger partial charge in [0.25, 0.3) is 0 Å². The monoisotopic (exact) mass is 346 g/mol. The Hall–Kier alpha value is -1.83. The van der Waals surface area contributed by atoms with Crippen LogP contribution in [0.25, 0.3) is 0 Å². The first-order chi connectivity index (χ1) is 11.2. The summed E-state index contributed by atoms with van der Waals surface area (Å²) in [6.45, 7) is -0.626. The van der Waals surface area contributed by atoms with E-state index in [-0.39, 0.29) is 16.9 Å². The molecule has 11 nitrogen and oxygen atoms in total. The number of carboxylic acids is 1. The van der Waals surface area contributed by atoms with Crippen molar-refractivity contribution in [2.45, 2.75) is 30.6 Å². The van der Waals surface area contributed by atoms with Crippen molar-refractivity contribution < 1.29 is 45.5 Å². The quantitative estimate of drug-likeness (QED) is 0.255. The van der Waals surface area contributed by atoms with Gasteiger partial charge in [-0.15, -0.1) is 0 Å². The molecule has 1 saturated heterocycles. The van der Waals surface area contributed by atoms with E-state index in [0.29, 0.717) is 0 Å². The van der Waals surface area contributed by atoms with Gasteiger partial charge in [0.1, 0.15) is 24.4 Å². The highest BCUT2D eigenvalue weighted by molar-refractivity contribution is 5.89. The largest absolute Gasteiger partial charge is 0.595 e. The van der Waals surface area contributed by atoms with E-state index in [0.717, 1.165) is 18.2 Å². The lowest BCUT2D eigenvalue weighted by atomic mass is 9.98. The molecule has 1 aromatic rings. The Bertz CT molecular complexity index is 595. The number of ether oxygens (including phenoxy) is 1. The summed E-state index contributed by atoms with van der Waals surface area (Å²) in [4.78, 5) is 11.1. The lowest BCUT2D eigenvalue weighted by Gasteiger charge is -2.40. The van der Waals surface area contributed by atoms with Crippen molar-refractivity contribution in [1.29, 1.82) is 0 Å². The average molecular weight is 346 g/mol. The number of carbonyl (C=O) groups is 1. The molecule has 6 atom stereocenters. The molecule has 1 fully saturated rings. The van der Waals surface area contributed by atoms with Crippen LogP contribution in [-0.2, 0) is 4.74 Å². The van der Waals surface area contributed by atoms with Crippen LogP contribution in [0.5, 0.6) is 0 Å². The molecule has 2 rings (SSSR count). The van der Waals surface area contributed by atoms with Crippen molar-refractivity contribution in [2.24, 2.45) is 0 Å². The van der Waals surface area contributed by atoms with Crippen molar-refractivity contribution in [3.8, 4) is 0 Å². The van der Waals surface area contributed by atoms with Gasteiger partial charge in [-0.05, 0) is 6.07 Å². The molecule has 1 unspecified atom stereocenters. The molecule has 24 heavy (non-hydrogen) atoms. The number of hydrogen-bond donors (Lipinski definition) is 8. The molecule has 1 aromatic carbocycles. The molecule has 0 amide bonds. The first kappa shape index (κ1) is 18.5. The number of aliphatic hydroxyl groups excluding tert-OH is 4. The van der Waals surface area contributed by atoms with Gasteiger partial charge in [0.2, 0.25) is 0 Å². The van der Waals surface area contributed by atoms with E-state index in [1.807, 2.05) is 0 Å². The Morgan fingerprint density at radius 3 is 2.42 bits per heavy atom. The molecule has 0 spiro atoms. The maximum Gasteiger partial charge on any atom is 0.335 e. The van der Waals surface area contributed by atoms with Gasteiger partial charge in [-0.1, -0.05) is 0 Å². The zero-order chi connectivity index (χ0) is 18.0. The van der Waals surface area contributed by atoms with Crippen molar-refractivity contribution in [3.05, 3.63) is 29.0 Å². The number of aromatic carboxylic acids is 1. The Morgan fingerprint density at radius 2 is 1.88 bits per heavy atom. The van der Waals surface area contributed by atoms with Gasteiger partial charge in [0.05, 0.1) is 12.2 Å². The molecule has 0 saturated carbocycles. The summed E-state index contributed by atoms with van der Waals surface area (Å²) in [7, 11) is 0. The van der Waals surface area contributed by atoms with E-state index >= 15 is 0 Å². The van der Waals surface area contributed by atoms with Crippen LogP contribution < -0.4 is 10.5 Å². The second-order valence-electron chi connectivity index (χ2n) is 5.30. The third-order valence-corrected chi connectivity index (χ3v) is 3.63. The van der Waals surface area contributed by atoms with Gasteiger partial charge >= 0.3 is 5.97 Å². The first-order valence-corrected chi connectivity index (χ1v) is 6.93. The summed E-state index contributed by atoms with van der Waals surface area (Å²) < 4.78 is 5.22. The molecule has 1 heterocycles. The van der Waals surface area contributed by atoms with Crippen LogP contribution >= 0.6 is 0 Å². The molecule has 1 aliphatic heterocycles. The van der Waals surface area contributed by atoms with Crippen LogP contribution in [-0.4, -0.2) is 74.0 Å². The van der Waals surface area contributed by atoms with Crippen LogP contribution in [0.1, 0.15) is 10.4 Å². The predicted molar refractivity (Wildman–Crippen MR) is 76.6 cm³/mol. The number of nitrogens with one attached hydrogen (secondary N) is 2. The molecule has 134 valence electrons. The van der Waals surface area contributed by atoms with Crippen LogP contribution in [0.4, 0.5) is 11.4 Å². The third kappa shape index (κ3) is 3.80. The van der Waals surface area contributed by atoms with Crippen LogP contribution in [0.15, 0.2) is 18.2 Å². The third-order valence-electron chi connectivity index (χ3n) is 3.63. The number of benzene rings is 1. The van der Waals surface area contributed by atoms with Gasteiger partial charge in [0.15, 0.2) is 11.9 Å². The SMILES string of the molecule is O=C(O)c1cc(N[C@H]2O[C@@H](CO)[C@@H](O)[C@@H](O)[C@@H]2O)cc([NH+]([O-])O)c1. The van der Waals surface area contributed by atoms with Crippen LogP contribution in [0.3, 0.4) is 0 Å². The summed E-state index contributed by atoms with van der Waals surface area (Å²) >= 11 is 0. The molecule has 0 aromatic heterocycles. The van der Waals surface area contributed by atoms with Crippen LogP contribution in [0, 0.1) is 5.21 Å². The zero-order valence-electron chi connectivity index (χ0n) is 12.2. The number of rotatable bonds is 5. The van der Waals surface area contributed by atoms with E-state index in [2.05, 4.69) is 5.32 Å². The number of quaternary nitrogens is 1. The van der Waals surface area contributed by atoms with Gasteiger partial charge in [-0.2, -0.15) is 5.23 Å². The molecular weight excluding hydrogens is 328 g/mol.